The zero-order valence-corrected chi connectivity index (χ0v) is 18.8. The van der Waals surface area contributed by atoms with Crippen molar-refractivity contribution >= 4 is 17.3 Å². The summed E-state index contributed by atoms with van der Waals surface area (Å²) in [5.74, 6) is -0.435. The van der Waals surface area contributed by atoms with Crippen LogP contribution in [-0.4, -0.2) is 67.9 Å². The number of rotatable bonds is 6. The minimum Gasteiger partial charge on any atom is -0.582 e. The fraction of sp³-hybridized carbons (Fsp3) is 0.333. The number of quaternary nitrogens is 1. The van der Waals surface area contributed by atoms with E-state index in [1.807, 2.05) is 0 Å². The molecule has 9 nitrogen and oxygen atoms in total. The van der Waals surface area contributed by atoms with Gasteiger partial charge >= 0.3 is 0 Å². The average molecular weight is 468 g/mol. The van der Waals surface area contributed by atoms with Crippen LogP contribution >= 0.6 is 0 Å². The van der Waals surface area contributed by atoms with E-state index in [0.717, 1.165) is 38.4 Å². The molecule has 34 heavy (non-hydrogen) atoms. The van der Waals surface area contributed by atoms with Gasteiger partial charge in [-0.2, -0.15) is 10.3 Å². The van der Waals surface area contributed by atoms with Gasteiger partial charge in [-0.05, 0) is 18.6 Å². The zero-order chi connectivity index (χ0) is 23.8. The number of ketones is 2. The maximum Gasteiger partial charge on any atom is 0.217 e. The summed E-state index contributed by atoms with van der Waals surface area (Å²) in [5, 5.41) is 13.5. The van der Waals surface area contributed by atoms with Crippen molar-refractivity contribution in [1.29, 1.82) is 0 Å². The minimum atomic E-state index is -0.437. The molecule has 3 aliphatic rings. The van der Waals surface area contributed by atoms with Crippen molar-refractivity contribution in [1.82, 2.24) is 15.3 Å². The highest BCUT2D eigenvalue weighted by Crippen LogP contribution is 2.30. The molecule has 0 aromatic heterocycles. The van der Waals surface area contributed by atoms with Crippen molar-refractivity contribution in [3.63, 3.8) is 0 Å². The number of Topliss-reactive ketones (excluding diaryl/α,β-unsaturated/α-hetero) is 2. The number of allylic oxidation sites excluding steroid dienone is 2. The lowest BCUT2D eigenvalue weighted by molar-refractivity contribution is -0.993. The van der Waals surface area contributed by atoms with Crippen LogP contribution in [0.5, 0.6) is 5.75 Å². The van der Waals surface area contributed by atoms with Gasteiger partial charge in [-0.1, -0.05) is 24.3 Å². The first-order valence-corrected chi connectivity index (χ1v) is 11.3. The van der Waals surface area contributed by atoms with Crippen molar-refractivity contribution in [3.8, 4) is 5.75 Å². The number of nitrogens with one attached hydrogen (secondary N) is 2. The van der Waals surface area contributed by atoms with Gasteiger partial charge in [0.15, 0.2) is 11.4 Å². The molecular formula is C24H26FN5O4. The molecule has 1 aliphatic carbocycles. The van der Waals surface area contributed by atoms with Crippen molar-refractivity contribution in [2.45, 2.75) is 6.42 Å². The Balaban J connectivity index is 1.18. The first-order valence-electron chi connectivity index (χ1n) is 11.3. The molecule has 0 spiro atoms. The van der Waals surface area contributed by atoms with Crippen molar-refractivity contribution in [2.24, 2.45) is 0 Å². The van der Waals surface area contributed by atoms with E-state index in [-0.39, 0.29) is 28.8 Å². The monoisotopic (exact) mass is 467 g/mol. The van der Waals surface area contributed by atoms with Crippen LogP contribution in [0.1, 0.15) is 27.1 Å². The highest BCUT2D eigenvalue weighted by Gasteiger charge is 2.43. The number of halogens is 1. The molecule has 1 saturated heterocycles. The topological polar surface area (TPSA) is 92.6 Å². The van der Waals surface area contributed by atoms with Crippen LogP contribution < -0.4 is 20.3 Å². The number of carbonyl (C=O) groups excluding carboxylic acids is 2. The molecule has 0 saturated carbocycles. The molecule has 1 fully saturated rings. The van der Waals surface area contributed by atoms with Crippen LogP contribution in [0.4, 0.5) is 10.1 Å². The van der Waals surface area contributed by atoms with E-state index in [2.05, 4.69) is 15.2 Å². The second kappa shape index (κ2) is 9.05. The maximum absolute atomic E-state index is 13.5. The van der Waals surface area contributed by atoms with E-state index in [1.165, 1.54) is 24.3 Å². The number of ether oxygens (including phenoxy) is 1. The number of fused-ring (bicyclic) bond motifs is 1. The summed E-state index contributed by atoms with van der Waals surface area (Å²) in [4.78, 5) is 30.2. The molecule has 2 aromatic rings. The van der Waals surface area contributed by atoms with E-state index in [0.29, 0.717) is 29.8 Å². The molecule has 2 heterocycles. The molecule has 10 heteroatoms. The number of hydrogen-bond acceptors (Lipinski definition) is 8. The van der Waals surface area contributed by atoms with Gasteiger partial charge in [0.25, 0.3) is 0 Å². The van der Waals surface area contributed by atoms with Gasteiger partial charge in [-0.3, -0.25) is 14.5 Å². The summed E-state index contributed by atoms with van der Waals surface area (Å²) in [5.41, 5.74) is 4.35. The third-order valence-electron chi connectivity index (χ3n) is 6.55. The van der Waals surface area contributed by atoms with Gasteiger partial charge in [-0.15, -0.1) is 0 Å². The molecule has 2 aromatic carbocycles. The highest BCUT2D eigenvalue weighted by molar-refractivity contribution is 6.26. The Bertz CT molecular complexity index is 1160. The molecule has 178 valence electrons. The number of nitrogens with zero attached hydrogens (tertiary/aromatic N) is 3. The molecule has 0 radical (unpaired) electrons. The first-order chi connectivity index (χ1) is 16.5. The van der Waals surface area contributed by atoms with E-state index in [9.17, 15) is 19.2 Å². The SMILES string of the molecule is COc1cc(F)ccc1N1CCN(CCCN2C3=C(N[NH+]2[O-])C(=O)c2ccccc2C3=O)CC1. The Morgan fingerprint density at radius 3 is 2.44 bits per heavy atom. The van der Waals surface area contributed by atoms with Crippen LogP contribution in [0.15, 0.2) is 53.9 Å². The number of anilines is 1. The smallest absolute Gasteiger partial charge is 0.217 e. The fourth-order valence-corrected chi connectivity index (χ4v) is 4.80. The number of methoxy groups -OCH3 is 1. The van der Waals surface area contributed by atoms with Crippen LogP contribution in [-0.2, 0) is 0 Å². The first kappa shape index (κ1) is 22.3. The van der Waals surface area contributed by atoms with Gasteiger partial charge in [0.2, 0.25) is 11.6 Å². The van der Waals surface area contributed by atoms with E-state index in [1.54, 1.807) is 30.3 Å². The van der Waals surface area contributed by atoms with Crippen molar-refractivity contribution < 1.29 is 24.0 Å². The van der Waals surface area contributed by atoms with Gasteiger partial charge < -0.3 is 14.8 Å². The Morgan fingerprint density at radius 1 is 1.03 bits per heavy atom. The minimum absolute atomic E-state index is 0.0792. The number of carbonyl (C=O) groups is 2. The standard InChI is InChI=1S/C24H26FN5O4/c1-34-20-15-16(25)7-8-19(20)28-13-11-27(12-14-28)9-4-10-29-22-21(26-30(29)33)23(31)17-5-2-3-6-18(17)24(22)32/h2-3,5-8,15,26,30H,4,9-14H2,1H3. The molecule has 2 aliphatic heterocycles. The van der Waals surface area contributed by atoms with Crippen LogP contribution in [0, 0.1) is 11.0 Å². The fourth-order valence-electron chi connectivity index (χ4n) is 4.80. The van der Waals surface area contributed by atoms with Gasteiger partial charge in [-0.25, -0.2) is 9.82 Å². The predicted molar refractivity (Wildman–Crippen MR) is 123 cm³/mol. The third kappa shape index (κ3) is 3.89. The maximum atomic E-state index is 13.5. The Labute approximate surface area is 196 Å². The second-order valence-corrected chi connectivity index (χ2v) is 8.51. The molecule has 5 rings (SSSR count). The lowest BCUT2D eigenvalue weighted by atomic mass is 9.90. The third-order valence-corrected chi connectivity index (χ3v) is 6.55. The summed E-state index contributed by atoms with van der Waals surface area (Å²) in [6.45, 7) is 4.25. The van der Waals surface area contributed by atoms with E-state index < -0.39 is 5.28 Å². The number of benzene rings is 2. The normalized spacial score (nSPS) is 20.4. The van der Waals surface area contributed by atoms with Gasteiger partial charge in [0.1, 0.15) is 11.6 Å². The molecule has 1 unspecified atom stereocenters. The summed E-state index contributed by atoms with van der Waals surface area (Å²) >= 11 is 0. The van der Waals surface area contributed by atoms with E-state index >= 15 is 0 Å². The summed E-state index contributed by atoms with van der Waals surface area (Å²) in [7, 11) is 1.53. The number of hydrogen-bond donors (Lipinski definition) is 2. The summed E-state index contributed by atoms with van der Waals surface area (Å²) < 4.78 is 18.8. The second-order valence-electron chi connectivity index (χ2n) is 8.51. The van der Waals surface area contributed by atoms with Gasteiger partial charge in [0, 0.05) is 49.9 Å². The summed E-state index contributed by atoms with van der Waals surface area (Å²) in [6.07, 6.45) is 0.660. The Morgan fingerprint density at radius 2 is 1.74 bits per heavy atom. The predicted octanol–water partition coefficient (Wildman–Crippen LogP) is 0.755. The zero-order valence-electron chi connectivity index (χ0n) is 18.8. The highest BCUT2D eigenvalue weighted by atomic mass is 19.1. The van der Waals surface area contributed by atoms with Crippen LogP contribution in [0.3, 0.4) is 0 Å². The van der Waals surface area contributed by atoms with Gasteiger partial charge in [0.05, 0.1) is 19.3 Å². The average Bonchev–Trinajstić information content (AvgIpc) is 3.19. The molecule has 2 N–H and O–H groups in total. The quantitative estimate of drug-likeness (QED) is 0.602. The summed E-state index contributed by atoms with van der Waals surface area (Å²) in [6, 6.07) is 11.2. The van der Waals surface area contributed by atoms with Crippen LogP contribution in [0.2, 0.25) is 0 Å². The lowest BCUT2D eigenvalue weighted by Gasteiger charge is -2.37. The van der Waals surface area contributed by atoms with E-state index in [4.69, 9.17) is 4.74 Å². The molecular weight excluding hydrogens is 441 g/mol. The van der Waals surface area contributed by atoms with Crippen LogP contribution in [0.25, 0.3) is 0 Å². The number of piperazine rings is 1. The molecule has 0 amide bonds. The van der Waals surface area contributed by atoms with Crippen molar-refractivity contribution in [3.05, 3.63) is 76.0 Å². The Kier molecular flexibility index (Phi) is 5.94. The largest absolute Gasteiger partial charge is 0.582 e. The molecule has 1 atom stereocenters. The van der Waals surface area contributed by atoms with Crippen molar-refractivity contribution in [2.75, 3.05) is 51.3 Å². The Hall–Kier alpha value is -3.47. The molecule has 0 bridgehead atoms. The lowest BCUT2D eigenvalue weighted by Crippen LogP contribution is -3.17.